The maximum Gasteiger partial charge on any atom is 0.305 e. The molecule has 148 valence electrons. The summed E-state index contributed by atoms with van der Waals surface area (Å²) in [6.45, 7) is 9.67. The van der Waals surface area contributed by atoms with Gasteiger partial charge in [0.1, 0.15) is 11.8 Å². The lowest BCUT2D eigenvalue weighted by molar-refractivity contribution is -0.138. The third-order valence-electron chi connectivity index (χ3n) is 3.42. The molecule has 26 heavy (non-hydrogen) atoms. The number of nitrogens with one attached hydrogen (secondary N) is 1. The van der Waals surface area contributed by atoms with Crippen molar-refractivity contribution in [2.24, 2.45) is 0 Å². The Bertz CT molecular complexity index is 648. The zero-order chi connectivity index (χ0) is 19.7. The van der Waals surface area contributed by atoms with E-state index in [0.717, 1.165) is 6.04 Å². The molecule has 0 fully saturated rings. The molecule has 8 nitrogen and oxygen atoms in total. The van der Waals surface area contributed by atoms with Crippen LogP contribution in [0.1, 0.15) is 13.3 Å². The first kappa shape index (κ1) is 22.6. The fourth-order valence-electron chi connectivity index (χ4n) is 1.91. The molecule has 0 aliphatic heterocycles. The van der Waals surface area contributed by atoms with Gasteiger partial charge in [0.2, 0.25) is 0 Å². The number of aromatic nitrogens is 2. The fourth-order valence-corrected chi connectivity index (χ4v) is 2.87. The lowest BCUT2D eigenvalue weighted by Gasteiger charge is -2.17. The van der Waals surface area contributed by atoms with Gasteiger partial charge in [0, 0.05) is 20.7 Å². The number of aliphatic carboxylic acids is 1. The van der Waals surface area contributed by atoms with Crippen molar-refractivity contribution in [3.63, 3.8) is 0 Å². The number of carboxylic acids is 1. The van der Waals surface area contributed by atoms with Crippen LogP contribution >= 0.6 is 11.6 Å². The Balaban J connectivity index is 2.52. The van der Waals surface area contributed by atoms with E-state index in [0.29, 0.717) is 12.3 Å². The average Bonchev–Trinajstić information content (AvgIpc) is 2.53. The molecule has 0 amide bonds. The first-order chi connectivity index (χ1) is 12.1. The van der Waals surface area contributed by atoms with E-state index in [2.05, 4.69) is 30.1 Å². The first-order valence-corrected chi connectivity index (χ1v) is 12.6. The van der Waals surface area contributed by atoms with E-state index in [4.69, 9.17) is 26.2 Å². The fraction of sp³-hybridized carbons (Fsp3) is 0.688. The number of halogens is 1. The molecule has 0 aromatic carbocycles. The van der Waals surface area contributed by atoms with E-state index in [1.807, 2.05) is 6.92 Å². The van der Waals surface area contributed by atoms with Gasteiger partial charge in [0.25, 0.3) is 5.56 Å². The molecule has 1 rings (SSSR count). The molecule has 0 spiro atoms. The molecule has 0 saturated carbocycles. The van der Waals surface area contributed by atoms with E-state index in [1.165, 1.54) is 10.9 Å². The summed E-state index contributed by atoms with van der Waals surface area (Å²) in [5, 5.41) is 15.7. The molecule has 10 heteroatoms. The van der Waals surface area contributed by atoms with Gasteiger partial charge in [-0.1, -0.05) is 31.2 Å². The Hall–Kier alpha value is -1.42. The maximum atomic E-state index is 12.3. The minimum atomic E-state index is -1.18. The van der Waals surface area contributed by atoms with Gasteiger partial charge in [-0.15, -0.1) is 0 Å². The minimum absolute atomic E-state index is 0.0335. The van der Waals surface area contributed by atoms with Crippen molar-refractivity contribution < 1.29 is 19.4 Å². The van der Waals surface area contributed by atoms with E-state index in [9.17, 15) is 9.59 Å². The quantitative estimate of drug-likeness (QED) is 0.406. The van der Waals surface area contributed by atoms with E-state index in [-0.39, 0.29) is 37.4 Å². The Morgan fingerprint density at radius 3 is 2.69 bits per heavy atom. The first-order valence-electron chi connectivity index (χ1n) is 8.49. The highest BCUT2D eigenvalue weighted by Gasteiger charge is 2.14. The van der Waals surface area contributed by atoms with Crippen molar-refractivity contribution in [2.75, 3.05) is 25.1 Å². The molecule has 1 aromatic rings. The number of anilines is 1. The number of rotatable bonds is 12. The van der Waals surface area contributed by atoms with Crippen LogP contribution in [0.15, 0.2) is 11.0 Å². The molecular weight excluding hydrogens is 378 g/mol. The molecule has 2 N–H and O–H groups in total. The minimum Gasteiger partial charge on any atom is -0.481 e. The summed E-state index contributed by atoms with van der Waals surface area (Å²) in [6, 6.07) is 0.848. The van der Waals surface area contributed by atoms with E-state index < -0.39 is 19.6 Å². The summed E-state index contributed by atoms with van der Waals surface area (Å²) in [6.07, 6.45) is 1.42. The van der Waals surface area contributed by atoms with Crippen LogP contribution < -0.4 is 10.9 Å². The highest BCUT2D eigenvalue weighted by molar-refractivity contribution is 6.76. The van der Waals surface area contributed by atoms with E-state index >= 15 is 0 Å². The van der Waals surface area contributed by atoms with Crippen LogP contribution in [0.4, 0.5) is 5.69 Å². The molecule has 1 heterocycles. The SMILES string of the molecule is CC(COCCC(=O)O)Nc1cnn(COCC[Si](C)(C)C)c(=O)c1Cl. The Morgan fingerprint density at radius 2 is 2.08 bits per heavy atom. The maximum absolute atomic E-state index is 12.3. The van der Waals surface area contributed by atoms with Gasteiger partial charge >= 0.3 is 5.97 Å². The number of carbonyl (C=O) groups is 1. The number of carboxylic acid groups (broad SMARTS) is 1. The van der Waals surface area contributed by atoms with Gasteiger partial charge < -0.3 is 19.9 Å². The smallest absolute Gasteiger partial charge is 0.305 e. The van der Waals surface area contributed by atoms with Crippen molar-refractivity contribution in [1.82, 2.24) is 9.78 Å². The second kappa shape index (κ2) is 10.7. The number of hydrogen-bond donors (Lipinski definition) is 2. The summed E-state index contributed by atoms with van der Waals surface area (Å²) in [5.74, 6) is -0.909. The monoisotopic (exact) mass is 405 g/mol. The van der Waals surface area contributed by atoms with Crippen LogP contribution in [0.25, 0.3) is 0 Å². The van der Waals surface area contributed by atoms with Crippen LogP contribution in [-0.2, 0) is 21.0 Å². The summed E-state index contributed by atoms with van der Waals surface area (Å²) < 4.78 is 12.0. The molecule has 0 saturated heterocycles. The zero-order valence-corrected chi connectivity index (χ0v) is 17.5. The molecule has 1 unspecified atom stereocenters. The van der Waals surface area contributed by atoms with Gasteiger partial charge in [0.15, 0.2) is 0 Å². The number of hydrogen-bond acceptors (Lipinski definition) is 6. The Labute approximate surface area is 159 Å². The molecule has 0 bridgehead atoms. The van der Waals surface area contributed by atoms with Crippen LogP contribution in [-0.4, -0.2) is 54.8 Å². The lowest BCUT2D eigenvalue weighted by Crippen LogP contribution is -2.29. The topological polar surface area (TPSA) is 103 Å². The van der Waals surface area contributed by atoms with Gasteiger partial charge in [-0.3, -0.25) is 9.59 Å². The van der Waals surface area contributed by atoms with Crippen LogP contribution in [0.2, 0.25) is 30.7 Å². The molecule has 0 radical (unpaired) electrons. The number of ether oxygens (including phenoxy) is 2. The van der Waals surface area contributed by atoms with Crippen molar-refractivity contribution in [3.8, 4) is 0 Å². The Morgan fingerprint density at radius 1 is 1.38 bits per heavy atom. The molecule has 0 aliphatic carbocycles. The average molecular weight is 406 g/mol. The third kappa shape index (κ3) is 8.79. The second-order valence-corrected chi connectivity index (χ2v) is 13.3. The molecule has 1 aromatic heterocycles. The molecule has 1 atom stereocenters. The standard InChI is InChI=1S/C16H28ClN3O5Si/c1-12(10-24-6-5-14(21)22)19-13-9-18-20(16(23)15(13)17)11-25-7-8-26(2,3)4/h9,12,19H,5-8,10-11H2,1-4H3,(H,21,22). The molecule has 0 aliphatic rings. The summed E-state index contributed by atoms with van der Waals surface area (Å²) in [4.78, 5) is 22.7. The van der Waals surface area contributed by atoms with Crippen molar-refractivity contribution >= 4 is 31.3 Å². The molecular formula is C16H28ClN3O5Si. The van der Waals surface area contributed by atoms with Crippen LogP contribution in [0.3, 0.4) is 0 Å². The lowest BCUT2D eigenvalue weighted by atomic mass is 10.3. The van der Waals surface area contributed by atoms with Crippen molar-refractivity contribution in [2.45, 2.75) is 51.8 Å². The Kier molecular flexibility index (Phi) is 9.27. The zero-order valence-electron chi connectivity index (χ0n) is 15.7. The van der Waals surface area contributed by atoms with Gasteiger partial charge in [0.05, 0.1) is 31.5 Å². The summed E-state index contributed by atoms with van der Waals surface area (Å²) in [5.41, 5.74) is -0.0204. The predicted molar refractivity (Wildman–Crippen MR) is 104 cm³/mol. The number of nitrogens with zero attached hydrogens (tertiary/aromatic N) is 2. The van der Waals surface area contributed by atoms with E-state index in [1.54, 1.807) is 0 Å². The highest BCUT2D eigenvalue weighted by Crippen LogP contribution is 2.16. The van der Waals surface area contributed by atoms with Crippen molar-refractivity contribution in [3.05, 3.63) is 21.6 Å². The van der Waals surface area contributed by atoms with Gasteiger partial charge in [-0.25, -0.2) is 4.68 Å². The summed E-state index contributed by atoms with van der Waals surface area (Å²) >= 11 is 6.13. The van der Waals surface area contributed by atoms with Gasteiger partial charge in [-0.05, 0) is 13.0 Å². The summed E-state index contributed by atoms with van der Waals surface area (Å²) in [7, 11) is -1.18. The van der Waals surface area contributed by atoms with Crippen molar-refractivity contribution in [1.29, 1.82) is 0 Å². The highest BCUT2D eigenvalue weighted by atomic mass is 35.5. The van der Waals surface area contributed by atoms with Crippen LogP contribution in [0.5, 0.6) is 0 Å². The van der Waals surface area contributed by atoms with Gasteiger partial charge in [-0.2, -0.15) is 5.10 Å². The van der Waals surface area contributed by atoms with Crippen LogP contribution in [0, 0.1) is 0 Å². The second-order valence-electron chi connectivity index (χ2n) is 7.29. The normalized spacial score (nSPS) is 12.8. The predicted octanol–water partition coefficient (Wildman–Crippen LogP) is 2.50. The third-order valence-corrected chi connectivity index (χ3v) is 5.49. The largest absolute Gasteiger partial charge is 0.481 e.